The number of aromatic carboxylic acids is 1. The zero-order valence-electron chi connectivity index (χ0n) is 15.4. The molecule has 1 amide bonds. The van der Waals surface area contributed by atoms with Gasteiger partial charge in [-0.15, -0.1) is 0 Å². The van der Waals surface area contributed by atoms with Crippen LogP contribution in [0.1, 0.15) is 20.8 Å². The number of imidazole rings is 1. The minimum Gasteiger partial charge on any atom is -0.478 e. The molecule has 0 bridgehead atoms. The molecular weight excluding hydrogens is 373 g/mol. The van der Waals surface area contributed by atoms with Crippen molar-refractivity contribution in [2.24, 2.45) is 0 Å². The topological polar surface area (TPSA) is 83.7 Å². The predicted octanol–water partition coefficient (Wildman–Crippen LogP) is 3.87. The molecule has 0 aliphatic heterocycles. The standard InChI is InChI=1S/C22H16FN3O3/c1-24-21(27)20-19(13-6-9-15(23)10-7-13)25-18-11-8-14(12-26(18)20)16-4-2-3-5-17(16)22(28)29/h2-12H,1H3,(H,24,27)(H,28,29). The van der Waals surface area contributed by atoms with Crippen LogP contribution in [0.2, 0.25) is 0 Å². The number of aromatic nitrogens is 2. The van der Waals surface area contributed by atoms with Gasteiger partial charge in [-0.3, -0.25) is 9.20 Å². The van der Waals surface area contributed by atoms with Gasteiger partial charge in [-0.2, -0.15) is 0 Å². The van der Waals surface area contributed by atoms with E-state index in [0.29, 0.717) is 28.0 Å². The minimum atomic E-state index is -1.04. The SMILES string of the molecule is CNC(=O)c1c(-c2ccc(F)cc2)nc2ccc(-c3ccccc3C(=O)O)cn12. The lowest BCUT2D eigenvalue weighted by molar-refractivity contribution is 0.0697. The molecule has 0 fully saturated rings. The number of amides is 1. The first-order valence-electron chi connectivity index (χ1n) is 8.82. The molecule has 0 unspecified atom stereocenters. The summed E-state index contributed by atoms with van der Waals surface area (Å²) in [7, 11) is 1.51. The Morgan fingerprint density at radius 2 is 1.69 bits per heavy atom. The Hall–Kier alpha value is -4.00. The molecule has 0 spiro atoms. The van der Waals surface area contributed by atoms with Gasteiger partial charge in [0.2, 0.25) is 0 Å². The zero-order chi connectivity index (χ0) is 20.5. The van der Waals surface area contributed by atoms with Gasteiger partial charge in [-0.05, 0) is 53.6 Å². The summed E-state index contributed by atoms with van der Waals surface area (Å²) in [6, 6.07) is 15.9. The highest BCUT2D eigenvalue weighted by atomic mass is 19.1. The number of pyridine rings is 1. The first kappa shape index (κ1) is 18.4. The van der Waals surface area contributed by atoms with E-state index in [-0.39, 0.29) is 23.0 Å². The molecule has 0 aliphatic carbocycles. The average Bonchev–Trinajstić information content (AvgIpc) is 3.12. The number of carbonyl (C=O) groups is 2. The van der Waals surface area contributed by atoms with Gasteiger partial charge in [0.15, 0.2) is 0 Å². The van der Waals surface area contributed by atoms with Crippen LogP contribution in [0.5, 0.6) is 0 Å². The molecule has 0 aliphatic rings. The molecule has 144 valence electrons. The number of hydrogen-bond acceptors (Lipinski definition) is 3. The molecule has 2 heterocycles. The Bertz CT molecular complexity index is 1250. The summed E-state index contributed by atoms with van der Waals surface area (Å²) >= 11 is 0. The number of carbonyl (C=O) groups excluding carboxylic acids is 1. The van der Waals surface area contributed by atoms with Gasteiger partial charge < -0.3 is 10.4 Å². The molecule has 4 rings (SSSR count). The van der Waals surface area contributed by atoms with E-state index in [0.717, 1.165) is 0 Å². The zero-order valence-corrected chi connectivity index (χ0v) is 15.4. The third-order valence-electron chi connectivity index (χ3n) is 4.65. The van der Waals surface area contributed by atoms with Gasteiger partial charge in [0.25, 0.3) is 5.91 Å². The average molecular weight is 389 g/mol. The second-order valence-corrected chi connectivity index (χ2v) is 6.39. The van der Waals surface area contributed by atoms with E-state index < -0.39 is 5.97 Å². The van der Waals surface area contributed by atoms with Gasteiger partial charge in [0.05, 0.1) is 5.56 Å². The molecule has 0 saturated carbocycles. The van der Waals surface area contributed by atoms with E-state index in [1.54, 1.807) is 53.1 Å². The van der Waals surface area contributed by atoms with E-state index in [2.05, 4.69) is 10.3 Å². The molecular formula is C22H16FN3O3. The number of benzene rings is 2. The van der Waals surface area contributed by atoms with Crippen molar-refractivity contribution in [3.8, 4) is 22.4 Å². The maximum atomic E-state index is 13.3. The van der Waals surface area contributed by atoms with Crippen molar-refractivity contribution in [1.82, 2.24) is 14.7 Å². The van der Waals surface area contributed by atoms with Crippen LogP contribution in [0.15, 0.2) is 66.9 Å². The number of carboxylic acid groups (broad SMARTS) is 1. The molecule has 4 aromatic rings. The third-order valence-corrected chi connectivity index (χ3v) is 4.65. The summed E-state index contributed by atoms with van der Waals surface area (Å²) < 4.78 is 14.9. The Labute approximate surface area is 165 Å². The quantitative estimate of drug-likeness (QED) is 0.555. The fourth-order valence-corrected chi connectivity index (χ4v) is 3.27. The van der Waals surface area contributed by atoms with Crippen LogP contribution in [-0.2, 0) is 0 Å². The molecule has 0 atom stereocenters. The highest BCUT2D eigenvalue weighted by Gasteiger charge is 2.21. The molecule has 2 N–H and O–H groups in total. The van der Waals surface area contributed by atoms with Gasteiger partial charge >= 0.3 is 5.97 Å². The van der Waals surface area contributed by atoms with Crippen molar-refractivity contribution < 1.29 is 19.1 Å². The van der Waals surface area contributed by atoms with Crippen LogP contribution in [-0.4, -0.2) is 33.4 Å². The Morgan fingerprint density at radius 1 is 1.00 bits per heavy atom. The Morgan fingerprint density at radius 3 is 2.38 bits per heavy atom. The second-order valence-electron chi connectivity index (χ2n) is 6.39. The van der Waals surface area contributed by atoms with Crippen LogP contribution in [0, 0.1) is 5.82 Å². The largest absolute Gasteiger partial charge is 0.478 e. The number of nitrogens with one attached hydrogen (secondary N) is 1. The molecule has 7 heteroatoms. The summed E-state index contributed by atoms with van der Waals surface area (Å²) in [5.74, 6) is -1.78. The van der Waals surface area contributed by atoms with Crippen LogP contribution in [0.4, 0.5) is 4.39 Å². The number of nitrogens with zero attached hydrogens (tertiary/aromatic N) is 2. The lowest BCUT2D eigenvalue weighted by Gasteiger charge is -2.08. The Kier molecular flexibility index (Phi) is 4.56. The molecule has 2 aromatic carbocycles. The minimum absolute atomic E-state index is 0.159. The monoisotopic (exact) mass is 389 g/mol. The maximum absolute atomic E-state index is 13.3. The molecule has 29 heavy (non-hydrogen) atoms. The van der Waals surface area contributed by atoms with Crippen molar-refractivity contribution >= 4 is 17.5 Å². The number of rotatable bonds is 4. The fourth-order valence-electron chi connectivity index (χ4n) is 3.27. The smallest absolute Gasteiger partial charge is 0.336 e. The van der Waals surface area contributed by atoms with Crippen LogP contribution >= 0.6 is 0 Å². The number of hydrogen-bond donors (Lipinski definition) is 2. The highest BCUT2D eigenvalue weighted by molar-refractivity contribution is 6.00. The Balaban J connectivity index is 1.97. The third kappa shape index (κ3) is 3.23. The van der Waals surface area contributed by atoms with Crippen molar-refractivity contribution in [2.45, 2.75) is 0 Å². The van der Waals surface area contributed by atoms with Gasteiger partial charge in [-0.25, -0.2) is 14.2 Å². The molecule has 6 nitrogen and oxygen atoms in total. The summed E-state index contributed by atoms with van der Waals surface area (Å²) in [4.78, 5) is 28.8. The lowest BCUT2D eigenvalue weighted by Crippen LogP contribution is -2.20. The molecule has 0 radical (unpaired) electrons. The van der Waals surface area contributed by atoms with E-state index in [4.69, 9.17) is 0 Å². The molecule has 0 saturated heterocycles. The predicted molar refractivity (Wildman–Crippen MR) is 106 cm³/mol. The second kappa shape index (κ2) is 7.20. The number of halogens is 1. The van der Waals surface area contributed by atoms with Crippen molar-refractivity contribution in [3.05, 3.63) is 83.9 Å². The van der Waals surface area contributed by atoms with Crippen LogP contribution in [0.25, 0.3) is 28.0 Å². The first-order valence-corrected chi connectivity index (χ1v) is 8.82. The van der Waals surface area contributed by atoms with E-state index in [1.807, 2.05) is 0 Å². The fraction of sp³-hybridized carbons (Fsp3) is 0.0455. The normalized spacial score (nSPS) is 10.8. The van der Waals surface area contributed by atoms with Crippen LogP contribution < -0.4 is 5.32 Å². The number of carboxylic acids is 1. The number of fused-ring (bicyclic) bond motifs is 1. The maximum Gasteiger partial charge on any atom is 0.336 e. The van der Waals surface area contributed by atoms with Crippen LogP contribution in [0.3, 0.4) is 0 Å². The summed E-state index contributed by atoms with van der Waals surface area (Å²) in [5, 5.41) is 12.1. The van der Waals surface area contributed by atoms with E-state index >= 15 is 0 Å². The highest BCUT2D eigenvalue weighted by Crippen LogP contribution is 2.29. The summed E-state index contributed by atoms with van der Waals surface area (Å²) in [6.07, 6.45) is 1.68. The van der Waals surface area contributed by atoms with Gasteiger partial charge in [0, 0.05) is 18.8 Å². The van der Waals surface area contributed by atoms with Crippen molar-refractivity contribution in [1.29, 1.82) is 0 Å². The summed E-state index contributed by atoms with van der Waals surface area (Å²) in [6.45, 7) is 0. The van der Waals surface area contributed by atoms with Gasteiger partial charge in [0.1, 0.15) is 22.9 Å². The van der Waals surface area contributed by atoms with Crippen molar-refractivity contribution in [2.75, 3.05) is 7.05 Å². The van der Waals surface area contributed by atoms with E-state index in [1.165, 1.54) is 25.2 Å². The van der Waals surface area contributed by atoms with E-state index in [9.17, 15) is 19.1 Å². The van der Waals surface area contributed by atoms with Gasteiger partial charge in [-0.1, -0.05) is 18.2 Å². The first-order chi connectivity index (χ1) is 14.0. The lowest BCUT2D eigenvalue weighted by atomic mass is 10.0. The summed E-state index contributed by atoms with van der Waals surface area (Å²) in [5.41, 5.74) is 3.12. The van der Waals surface area contributed by atoms with Crippen molar-refractivity contribution in [3.63, 3.8) is 0 Å². The molecule has 2 aromatic heterocycles.